The fourth-order valence-electron chi connectivity index (χ4n) is 3.12. The fourth-order valence-corrected chi connectivity index (χ4v) is 3.12. The van der Waals surface area contributed by atoms with Gasteiger partial charge in [0, 0.05) is 25.1 Å². The van der Waals surface area contributed by atoms with Crippen molar-refractivity contribution < 1.29 is 4.74 Å². The predicted octanol–water partition coefficient (Wildman–Crippen LogP) is 5.98. The average Bonchev–Trinajstić information content (AvgIpc) is 2.68. The lowest BCUT2D eigenvalue weighted by atomic mass is 10.1. The monoisotopic (exact) mass is 357 g/mol. The molecule has 0 aliphatic rings. The number of anilines is 1. The second-order valence-corrected chi connectivity index (χ2v) is 6.96. The van der Waals surface area contributed by atoms with Crippen LogP contribution in [0, 0.1) is 0 Å². The Bertz CT molecular complexity index is 597. The highest BCUT2D eigenvalue weighted by Gasteiger charge is 2.01. The molecule has 4 heteroatoms. The fraction of sp³-hybridized carbons (Fsp3) is 0.636. The van der Waals surface area contributed by atoms with Crippen LogP contribution in [0.1, 0.15) is 71.1 Å². The van der Waals surface area contributed by atoms with Gasteiger partial charge >= 0.3 is 0 Å². The van der Waals surface area contributed by atoms with Gasteiger partial charge < -0.3 is 10.1 Å². The summed E-state index contributed by atoms with van der Waals surface area (Å²) >= 11 is 0. The zero-order chi connectivity index (χ0) is 18.3. The Kier molecular flexibility index (Phi) is 10.7. The molecule has 0 saturated heterocycles. The number of fused-ring (bicyclic) bond motifs is 1. The Morgan fingerprint density at radius 1 is 0.808 bits per heavy atom. The van der Waals surface area contributed by atoms with E-state index in [1.54, 1.807) is 6.33 Å². The minimum Gasteiger partial charge on any atom is -0.381 e. The molecule has 2 aromatic rings. The van der Waals surface area contributed by atoms with Crippen LogP contribution in [0.15, 0.2) is 30.6 Å². The lowest BCUT2D eigenvalue weighted by molar-refractivity contribution is 0.126. The van der Waals surface area contributed by atoms with Gasteiger partial charge in [0.2, 0.25) is 0 Å². The maximum atomic E-state index is 5.69. The molecule has 0 fully saturated rings. The number of para-hydroxylation sites is 1. The van der Waals surface area contributed by atoms with Crippen LogP contribution in [0.25, 0.3) is 10.9 Å². The quantitative estimate of drug-likeness (QED) is 0.398. The van der Waals surface area contributed by atoms with Crippen LogP contribution in [0.2, 0.25) is 0 Å². The van der Waals surface area contributed by atoms with Gasteiger partial charge in [-0.3, -0.25) is 0 Å². The van der Waals surface area contributed by atoms with Crippen molar-refractivity contribution >= 4 is 16.7 Å². The molecule has 0 aliphatic heterocycles. The highest BCUT2D eigenvalue weighted by molar-refractivity contribution is 5.88. The average molecular weight is 358 g/mol. The summed E-state index contributed by atoms with van der Waals surface area (Å²) in [5.41, 5.74) is 0.998. The van der Waals surface area contributed by atoms with Crippen molar-refractivity contribution in [1.29, 1.82) is 0 Å². The number of nitrogens with one attached hydrogen (secondary N) is 1. The Morgan fingerprint density at radius 3 is 2.31 bits per heavy atom. The maximum Gasteiger partial charge on any atom is 0.137 e. The molecular formula is C22H35N3O. The van der Waals surface area contributed by atoms with Crippen molar-refractivity contribution in [2.75, 3.05) is 25.1 Å². The third-order valence-corrected chi connectivity index (χ3v) is 4.69. The summed E-state index contributed by atoms with van der Waals surface area (Å²) in [6, 6.07) is 8.14. The number of benzene rings is 1. The normalized spacial score (nSPS) is 11.1. The van der Waals surface area contributed by atoms with Gasteiger partial charge in [-0.15, -0.1) is 0 Å². The molecule has 0 atom stereocenters. The van der Waals surface area contributed by atoms with Gasteiger partial charge in [-0.1, -0.05) is 64.0 Å². The summed E-state index contributed by atoms with van der Waals surface area (Å²) in [7, 11) is 0. The van der Waals surface area contributed by atoms with Crippen LogP contribution < -0.4 is 5.32 Å². The van der Waals surface area contributed by atoms with E-state index in [2.05, 4.69) is 28.3 Å². The molecule has 0 spiro atoms. The number of hydrogen-bond donors (Lipinski definition) is 1. The van der Waals surface area contributed by atoms with Crippen LogP contribution in [0.5, 0.6) is 0 Å². The molecule has 0 radical (unpaired) electrons. The standard InChI is InChI=1S/C22H35N3O/c1-2-3-4-12-17-26-18-13-8-6-5-7-11-16-23-22-20-14-9-10-15-21(20)24-19-25-22/h9-10,14-15,19H,2-8,11-13,16-18H2,1H3,(H,23,24,25). The molecule has 2 rings (SSSR count). The van der Waals surface area contributed by atoms with Crippen molar-refractivity contribution in [1.82, 2.24) is 9.97 Å². The Hall–Kier alpha value is -1.68. The van der Waals surface area contributed by atoms with E-state index in [1.165, 1.54) is 64.2 Å². The lowest BCUT2D eigenvalue weighted by Crippen LogP contribution is -2.04. The molecule has 0 bridgehead atoms. The first kappa shape index (κ1) is 20.6. The van der Waals surface area contributed by atoms with E-state index < -0.39 is 0 Å². The van der Waals surface area contributed by atoms with Gasteiger partial charge in [-0.25, -0.2) is 9.97 Å². The number of nitrogens with zero attached hydrogens (tertiary/aromatic N) is 2. The SMILES string of the molecule is CCCCCCOCCCCCCCCNc1ncnc2ccccc12. The molecule has 0 saturated carbocycles. The summed E-state index contributed by atoms with van der Waals surface area (Å²) in [4.78, 5) is 8.67. The largest absolute Gasteiger partial charge is 0.381 e. The van der Waals surface area contributed by atoms with E-state index in [9.17, 15) is 0 Å². The third kappa shape index (κ3) is 8.13. The van der Waals surface area contributed by atoms with Crippen molar-refractivity contribution in [3.8, 4) is 0 Å². The first-order valence-electron chi connectivity index (χ1n) is 10.4. The zero-order valence-electron chi connectivity index (χ0n) is 16.4. The molecule has 1 N–H and O–H groups in total. The number of rotatable bonds is 15. The molecule has 0 aliphatic carbocycles. The van der Waals surface area contributed by atoms with Crippen molar-refractivity contribution in [2.45, 2.75) is 71.1 Å². The van der Waals surface area contributed by atoms with Crippen LogP contribution in [-0.4, -0.2) is 29.7 Å². The lowest BCUT2D eigenvalue weighted by Gasteiger charge is -2.08. The first-order chi connectivity index (χ1) is 12.9. The molecule has 4 nitrogen and oxygen atoms in total. The van der Waals surface area contributed by atoms with Gasteiger partial charge in [0.1, 0.15) is 12.1 Å². The van der Waals surface area contributed by atoms with Crippen LogP contribution >= 0.6 is 0 Å². The van der Waals surface area contributed by atoms with E-state index in [4.69, 9.17) is 4.74 Å². The molecule has 144 valence electrons. The second kappa shape index (κ2) is 13.5. The van der Waals surface area contributed by atoms with E-state index in [-0.39, 0.29) is 0 Å². The summed E-state index contributed by atoms with van der Waals surface area (Å²) in [5.74, 6) is 0.951. The van der Waals surface area contributed by atoms with Crippen molar-refractivity contribution in [2.24, 2.45) is 0 Å². The highest BCUT2D eigenvalue weighted by atomic mass is 16.5. The Labute approximate surface area is 158 Å². The number of unbranched alkanes of at least 4 members (excludes halogenated alkanes) is 8. The number of hydrogen-bond acceptors (Lipinski definition) is 4. The first-order valence-corrected chi connectivity index (χ1v) is 10.4. The minimum absolute atomic E-state index is 0.939. The van der Waals surface area contributed by atoms with E-state index in [0.29, 0.717) is 0 Å². The van der Waals surface area contributed by atoms with Crippen LogP contribution in [0.4, 0.5) is 5.82 Å². The highest BCUT2D eigenvalue weighted by Crippen LogP contribution is 2.18. The number of ether oxygens (including phenoxy) is 1. The molecule has 1 aromatic carbocycles. The topological polar surface area (TPSA) is 47.0 Å². The van der Waals surface area contributed by atoms with Gasteiger partial charge in [0.15, 0.2) is 0 Å². The summed E-state index contributed by atoms with van der Waals surface area (Å²) in [6.07, 6.45) is 14.4. The molecule has 0 unspecified atom stereocenters. The number of aromatic nitrogens is 2. The zero-order valence-corrected chi connectivity index (χ0v) is 16.4. The summed E-state index contributed by atoms with van der Waals surface area (Å²) in [5, 5.41) is 4.56. The molecule has 26 heavy (non-hydrogen) atoms. The van der Waals surface area contributed by atoms with E-state index in [0.717, 1.165) is 36.5 Å². The van der Waals surface area contributed by atoms with Gasteiger partial charge in [-0.05, 0) is 31.4 Å². The maximum absolute atomic E-state index is 5.69. The van der Waals surface area contributed by atoms with Crippen LogP contribution in [0.3, 0.4) is 0 Å². The smallest absolute Gasteiger partial charge is 0.137 e. The summed E-state index contributed by atoms with van der Waals surface area (Å²) in [6.45, 7) is 5.11. The molecule has 1 heterocycles. The van der Waals surface area contributed by atoms with Crippen molar-refractivity contribution in [3.63, 3.8) is 0 Å². The predicted molar refractivity (Wildman–Crippen MR) is 111 cm³/mol. The van der Waals surface area contributed by atoms with Crippen LogP contribution in [-0.2, 0) is 4.74 Å². The molecular weight excluding hydrogens is 322 g/mol. The van der Waals surface area contributed by atoms with Gasteiger partial charge in [0.05, 0.1) is 5.52 Å². The van der Waals surface area contributed by atoms with E-state index >= 15 is 0 Å². The van der Waals surface area contributed by atoms with Gasteiger partial charge in [-0.2, -0.15) is 0 Å². The Morgan fingerprint density at radius 2 is 1.50 bits per heavy atom. The van der Waals surface area contributed by atoms with Crippen molar-refractivity contribution in [3.05, 3.63) is 30.6 Å². The summed E-state index contributed by atoms with van der Waals surface area (Å²) < 4.78 is 5.69. The molecule has 1 aromatic heterocycles. The van der Waals surface area contributed by atoms with E-state index in [1.807, 2.05) is 18.2 Å². The van der Waals surface area contributed by atoms with Gasteiger partial charge in [0.25, 0.3) is 0 Å². The minimum atomic E-state index is 0.939. The molecule has 0 amide bonds. The third-order valence-electron chi connectivity index (χ3n) is 4.69. The second-order valence-electron chi connectivity index (χ2n) is 6.96. The Balaban J connectivity index is 1.43.